The second-order valence-electron chi connectivity index (χ2n) is 3.70. The average Bonchev–Trinajstić information content (AvgIpc) is 2.74. The van der Waals surface area contributed by atoms with Crippen LogP contribution in [0.5, 0.6) is 0 Å². The van der Waals surface area contributed by atoms with Gasteiger partial charge in [-0.1, -0.05) is 18.2 Å². The molecule has 1 heterocycles. The van der Waals surface area contributed by atoms with E-state index < -0.39 is 0 Å². The van der Waals surface area contributed by atoms with Gasteiger partial charge in [-0.3, -0.25) is 9.63 Å². The first-order valence-corrected chi connectivity index (χ1v) is 5.78. The fraction of sp³-hybridized carbons (Fsp3) is 0.308. The molecule has 2 rings (SSSR count). The Kier molecular flexibility index (Phi) is 3.44. The summed E-state index contributed by atoms with van der Waals surface area (Å²) >= 11 is 0. The molecule has 0 radical (unpaired) electrons. The maximum Gasteiger partial charge on any atom is 0.291 e. The zero-order chi connectivity index (χ0) is 12.3. The van der Waals surface area contributed by atoms with Crippen molar-refractivity contribution >= 4 is 16.8 Å². The summed E-state index contributed by atoms with van der Waals surface area (Å²) in [4.78, 5) is 16.8. The van der Waals surface area contributed by atoms with E-state index in [1.165, 1.54) is 0 Å². The minimum atomic E-state index is -0.204. The monoisotopic (exact) mass is 232 g/mol. The standard InChI is InChI=1S/C13H16N2O2/c1-3-15-11-8-6-5-7-10(11)9-12(15)13(16)14-17-4-2/h5-9H,3-4H2,1-2H3,(H,14,16). The summed E-state index contributed by atoms with van der Waals surface area (Å²) in [6.07, 6.45) is 0. The Morgan fingerprint density at radius 3 is 2.82 bits per heavy atom. The van der Waals surface area contributed by atoms with Crippen LogP contribution in [0.15, 0.2) is 30.3 Å². The van der Waals surface area contributed by atoms with Gasteiger partial charge in [0.05, 0.1) is 6.61 Å². The first-order chi connectivity index (χ1) is 8.27. The number of para-hydroxylation sites is 1. The van der Waals surface area contributed by atoms with Gasteiger partial charge in [-0.05, 0) is 26.0 Å². The molecular weight excluding hydrogens is 216 g/mol. The number of nitrogens with one attached hydrogen (secondary N) is 1. The third-order valence-corrected chi connectivity index (χ3v) is 2.67. The van der Waals surface area contributed by atoms with Crippen LogP contribution in [0.1, 0.15) is 24.3 Å². The van der Waals surface area contributed by atoms with E-state index in [2.05, 4.69) is 5.48 Å². The van der Waals surface area contributed by atoms with Gasteiger partial charge in [0.25, 0.3) is 5.91 Å². The lowest BCUT2D eigenvalue weighted by Crippen LogP contribution is -2.25. The van der Waals surface area contributed by atoms with Crippen molar-refractivity contribution in [1.82, 2.24) is 10.0 Å². The summed E-state index contributed by atoms with van der Waals surface area (Å²) in [7, 11) is 0. The van der Waals surface area contributed by atoms with Gasteiger partial charge in [0.15, 0.2) is 0 Å². The largest absolute Gasteiger partial charge is 0.337 e. The Morgan fingerprint density at radius 2 is 2.12 bits per heavy atom. The van der Waals surface area contributed by atoms with Crippen molar-refractivity contribution in [2.24, 2.45) is 0 Å². The summed E-state index contributed by atoms with van der Waals surface area (Å²) in [6, 6.07) is 9.83. The maximum absolute atomic E-state index is 11.9. The number of benzene rings is 1. The molecule has 90 valence electrons. The van der Waals surface area contributed by atoms with Gasteiger partial charge >= 0.3 is 0 Å². The molecule has 0 aliphatic heterocycles. The van der Waals surface area contributed by atoms with Crippen LogP contribution in [0.25, 0.3) is 10.9 Å². The van der Waals surface area contributed by atoms with Crippen molar-refractivity contribution in [3.8, 4) is 0 Å². The summed E-state index contributed by atoms with van der Waals surface area (Å²) in [6.45, 7) is 5.06. The topological polar surface area (TPSA) is 43.3 Å². The Hall–Kier alpha value is -1.81. The third-order valence-electron chi connectivity index (χ3n) is 2.67. The summed E-state index contributed by atoms with van der Waals surface area (Å²) in [5, 5.41) is 1.07. The van der Waals surface area contributed by atoms with Crippen molar-refractivity contribution in [2.45, 2.75) is 20.4 Å². The first kappa shape index (κ1) is 11.7. The molecule has 0 aliphatic carbocycles. The summed E-state index contributed by atoms with van der Waals surface area (Å²) in [5.74, 6) is -0.204. The van der Waals surface area contributed by atoms with Crippen LogP contribution in [0.2, 0.25) is 0 Å². The van der Waals surface area contributed by atoms with Gasteiger partial charge in [-0.2, -0.15) is 0 Å². The molecule has 0 saturated carbocycles. The Morgan fingerprint density at radius 1 is 1.35 bits per heavy atom. The summed E-state index contributed by atoms with van der Waals surface area (Å²) in [5.41, 5.74) is 4.12. The van der Waals surface area contributed by atoms with Gasteiger partial charge in [-0.15, -0.1) is 0 Å². The quantitative estimate of drug-likeness (QED) is 0.822. The SMILES string of the molecule is CCONC(=O)c1cc2ccccc2n1CC. The molecule has 1 aromatic carbocycles. The summed E-state index contributed by atoms with van der Waals surface area (Å²) < 4.78 is 1.98. The molecule has 0 unspecified atom stereocenters. The molecule has 0 atom stereocenters. The molecular formula is C13H16N2O2. The number of amides is 1. The predicted octanol–water partition coefficient (Wildman–Crippen LogP) is 2.34. The van der Waals surface area contributed by atoms with Gasteiger partial charge < -0.3 is 4.57 Å². The van der Waals surface area contributed by atoms with Crippen molar-refractivity contribution in [3.05, 3.63) is 36.0 Å². The van der Waals surface area contributed by atoms with Gasteiger partial charge in [0.2, 0.25) is 0 Å². The molecule has 0 spiro atoms. The second-order valence-corrected chi connectivity index (χ2v) is 3.70. The molecule has 0 bridgehead atoms. The van der Waals surface area contributed by atoms with Gasteiger partial charge in [0.1, 0.15) is 5.69 Å². The highest BCUT2D eigenvalue weighted by atomic mass is 16.6. The molecule has 1 N–H and O–H groups in total. The minimum Gasteiger partial charge on any atom is -0.337 e. The Labute approximate surface area is 100 Å². The molecule has 0 saturated heterocycles. The van der Waals surface area contributed by atoms with E-state index in [1.54, 1.807) is 0 Å². The van der Waals surface area contributed by atoms with Crippen LogP contribution in [-0.4, -0.2) is 17.1 Å². The first-order valence-electron chi connectivity index (χ1n) is 5.78. The third kappa shape index (κ3) is 2.17. The Balaban J connectivity index is 2.42. The van der Waals surface area contributed by atoms with Crippen molar-refractivity contribution in [2.75, 3.05) is 6.61 Å². The van der Waals surface area contributed by atoms with E-state index in [0.717, 1.165) is 17.4 Å². The maximum atomic E-state index is 11.9. The highest BCUT2D eigenvalue weighted by Crippen LogP contribution is 2.19. The van der Waals surface area contributed by atoms with Crippen molar-refractivity contribution < 1.29 is 9.63 Å². The molecule has 4 nitrogen and oxygen atoms in total. The smallest absolute Gasteiger partial charge is 0.291 e. The number of aryl methyl sites for hydroxylation is 1. The second kappa shape index (κ2) is 5.01. The number of hydrogen-bond acceptors (Lipinski definition) is 2. The molecule has 2 aromatic rings. The molecule has 17 heavy (non-hydrogen) atoms. The zero-order valence-corrected chi connectivity index (χ0v) is 10.1. The predicted molar refractivity (Wildman–Crippen MR) is 66.7 cm³/mol. The molecule has 0 fully saturated rings. The number of fused-ring (bicyclic) bond motifs is 1. The molecule has 1 amide bonds. The fourth-order valence-corrected chi connectivity index (χ4v) is 1.93. The van der Waals surface area contributed by atoms with E-state index in [0.29, 0.717) is 12.3 Å². The fourth-order valence-electron chi connectivity index (χ4n) is 1.93. The minimum absolute atomic E-state index is 0.204. The normalized spacial score (nSPS) is 10.7. The molecule has 1 aromatic heterocycles. The van der Waals surface area contributed by atoms with Crippen LogP contribution in [-0.2, 0) is 11.4 Å². The molecule has 0 aliphatic rings. The number of carbonyl (C=O) groups excluding carboxylic acids is 1. The number of nitrogens with zero attached hydrogens (tertiary/aromatic N) is 1. The van der Waals surface area contributed by atoms with E-state index in [1.807, 2.05) is 48.7 Å². The number of carbonyl (C=O) groups is 1. The Bertz CT molecular complexity index is 531. The van der Waals surface area contributed by atoms with E-state index in [9.17, 15) is 4.79 Å². The highest BCUT2D eigenvalue weighted by Gasteiger charge is 2.13. The van der Waals surface area contributed by atoms with Gasteiger partial charge in [-0.25, -0.2) is 5.48 Å². The van der Waals surface area contributed by atoms with E-state index >= 15 is 0 Å². The number of aromatic nitrogens is 1. The lowest BCUT2D eigenvalue weighted by molar-refractivity contribution is 0.0356. The van der Waals surface area contributed by atoms with Crippen LogP contribution in [0.3, 0.4) is 0 Å². The van der Waals surface area contributed by atoms with E-state index in [4.69, 9.17) is 4.84 Å². The van der Waals surface area contributed by atoms with Crippen molar-refractivity contribution in [1.29, 1.82) is 0 Å². The number of hydroxylamine groups is 1. The zero-order valence-electron chi connectivity index (χ0n) is 10.1. The average molecular weight is 232 g/mol. The van der Waals surface area contributed by atoms with Crippen LogP contribution < -0.4 is 5.48 Å². The highest BCUT2D eigenvalue weighted by molar-refractivity contribution is 5.98. The molecule has 4 heteroatoms. The van der Waals surface area contributed by atoms with Crippen LogP contribution in [0.4, 0.5) is 0 Å². The number of hydrogen-bond donors (Lipinski definition) is 1. The number of rotatable bonds is 4. The van der Waals surface area contributed by atoms with Crippen molar-refractivity contribution in [3.63, 3.8) is 0 Å². The van der Waals surface area contributed by atoms with Gasteiger partial charge in [0, 0.05) is 17.4 Å². The van der Waals surface area contributed by atoms with E-state index in [-0.39, 0.29) is 5.91 Å². The van der Waals surface area contributed by atoms with Crippen LogP contribution in [0, 0.1) is 0 Å². The lowest BCUT2D eigenvalue weighted by atomic mass is 10.2. The lowest BCUT2D eigenvalue weighted by Gasteiger charge is -2.07. The van der Waals surface area contributed by atoms with Crippen LogP contribution >= 0.6 is 0 Å².